The van der Waals surface area contributed by atoms with Crippen molar-refractivity contribution in [2.24, 2.45) is 0 Å². The lowest BCUT2D eigenvalue weighted by Gasteiger charge is -2.32. The highest BCUT2D eigenvalue weighted by atomic mass is 19.4. The SMILES string of the molecule is COCCn1cc(C(=O)N2CCC(c3cc(CNC(=O)C(F)(F)F)ccc3F)CC2)c2cccc(C(F)F)c21. The minimum absolute atomic E-state index is 0.178. The van der Waals surface area contributed by atoms with Crippen molar-refractivity contribution in [3.05, 3.63) is 70.7 Å². The number of fused-ring (bicyclic) bond motifs is 1. The van der Waals surface area contributed by atoms with Crippen LogP contribution in [0, 0.1) is 5.82 Å². The molecule has 2 amide bonds. The Kier molecular flexibility index (Phi) is 8.53. The number of carbonyl (C=O) groups is 2. The van der Waals surface area contributed by atoms with Gasteiger partial charge in [0.2, 0.25) is 0 Å². The van der Waals surface area contributed by atoms with Gasteiger partial charge in [-0.3, -0.25) is 9.59 Å². The summed E-state index contributed by atoms with van der Waals surface area (Å²) in [6.07, 6.45) is -5.39. The molecule has 6 nitrogen and oxygen atoms in total. The highest BCUT2D eigenvalue weighted by molar-refractivity contribution is 6.07. The van der Waals surface area contributed by atoms with E-state index in [9.17, 15) is 35.9 Å². The van der Waals surface area contributed by atoms with Crippen LogP contribution in [0.4, 0.5) is 26.3 Å². The number of methoxy groups -OCH3 is 1. The predicted octanol–water partition coefficient (Wildman–Crippen LogP) is 5.56. The van der Waals surface area contributed by atoms with Crippen LogP contribution in [0.1, 0.15) is 52.2 Å². The zero-order chi connectivity index (χ0) is 28.3. The van der Waals surface area contributed by atoms with Crippen LogP contribution in [0.3, 0.4) is 0 Å². The predicted molar refractivity (Wildman–Crippen MR) is 131 cm³/mol. The van der Waals surface area contributed by atoms with Crippen LogP contribution in [0.25, 0.3) is 10.9 Å². The van der Waals surface area contributed by atoms with Gasteiger partial charge in [-0.2, -0.15) is 13.2 Å². The number of piperidine rings is 1. The number of aromatic nitrogens is 1. The zero-order valence-corrected chi connectivity index (χ0v) is 21.0. The quantitative estimate of drug-likeness (QED) is 0.370. The molecular formula is C27H27F6N3O3. The molecule has 0 unspecified atom stereocenters. The Hall–Kier alpha value is -3.54. The molecule has 0 saturated carbocycles. The van der Waals surface area contributed by atoms with Crippen molar-refractivity contribution in [1.82, 2.24) is 14.8 Å². The summed E-state index contributed by atoms with van der Waals surface area (Å²) in [4.78, 5) is 26.2. The Bertz CT molecular complexity index is 1350. The van der Waals surface area contributed by atoms with E-state index >= 15 is 0 Å². The minimum atomic E-state index is -5.01. The third kappa shape index (κ3) is 6.21. The van der Waals surface area contributed by atoms with Gasteiger partial charge in [-0.25, -0.2) is 13.2 Å². The van der Waals surface area contributed by atoms with Crippen LogP contribution in [-0.2, 0) is 22.6 Å². The number of nitrogens with one attached hydrogen (secondary N) is 1. The molecule has 210 valence electrons. The molecular weight excluding hydrogens is 528 g/mol. The lowest BCUT2D eigenvalue weighted by Crippen LogP contribution is -2.38. The number of carbonyl (C=O) groups excluding carboxylic acids is 2. The molecule has 1 saturated heterocycles. The number of amides is 2. The second kappa shape index (κ2) is 11.7. The topological polar surface area (TPSA) is 63.6 Å². The van der Waals surface area contributed by atoms with E-state index in [0.29, 0.717) is 29.4 Å². The van der Waals surface area contributed by atoms with Crippen molar-refractivity contribution in [2.75, 3.05) is 26.8 Å². The summed E-state index contributed by atoms with van der Waals surface area (Å²) in [7, 11) is 1.49. The number of nitrogens with zero attached hydrogens (tertiary/aromatic N) is 2. The maximum absolute atomic E-state index is 14.6. The van der Waals surface area contributed by atoms with Gasteiger partial charge in [0.15, 0.2) is 0 Å². The molecule has 12 heteroatoms. The number of rotatable bonds is 8. The molecule has 2 heterocycles. The first kappa shape index (κ1) is 28.5. The second-order valence-electron chi connectivity index (χ2n) is 9.38. The molecule has 0 aliphatic carbocycles. The maximum Gasteiger partial charge on any atom is 0.471 e. The van der Waals surface area contributed by atoms with E-state index in [0.717, 1.165) is 6.07 Å². The van der Waals surface area contributed by atoms with Crippen LogP contribution >= 0.6 is 0 Å². The average molecular weight is 556 g/mol. The van der Waals surface area contributed by atoms with Crippen LogP contribution in [0.5, 0.6) is 0 Å². The summed E-state index contributed by atoms with van der Waals surface area (Å²) < 4.78 is 86.2. The highest BCUT2D eigenvalue weighted by Crippen LogP contribution is 2.34. The first-order valence-electron chi connectivity index (χ1n) is 12.3. The lowest BCUT2D eigenvalue weighted by atomic mass is 9.88. The summed E-state index contributed by atoms with van der Waals surface area (Å²) in [6, 6.07) is 8.33. The number of hydrogen-bond acceptors (Lipinski definition) is 3. The van der Waals surface area contributed by atoms with Gasteiger partial charge in [0.05, 0.1) is 17.7 Å². The van der Waals surface area contributed by atoms with Crippen LogP contribution in [0.15, 0.2) is 42.6 Å². The van der Waals surface area contributed by atoms with Crippen molar-refractivity contribution in [2.45, 2.75) is 44.5 Å². The number of para-hydroxylation sites is 1. The van der Waals surface area contributed by atoms with Crippen LogP contribution < -0.4 is 5.32 Å². The Labute approximate surface area is 220 Å². The molecule has 0 atom stereocenters. The van der Waals surface area contributed by atoms with Crippen molar-refractivity contribution < 1.29 is 40.7 Å². The van der Waals surface area contributed by atoms with E-state index in [-0.39, 0.29) is 54.7 Å². The maximum atomic E-state index is 14.6. The first-order valence-corrected chi connectivity index (χ1v) is 12.3. The molecule has 2 aromatic carbocycles. The van der Waals surface area contributed by atoms with E-state index < -0.39 is 30.9 Å². The fourth-order valence-electron chi connectivity index (χ4n) is 4.96. The van der Waals surface area contributed by atoms with Gasteiger partial charge in [0.1, 0.15) is 5.82 Å². The second-order valence-corrected chi connectivity index (χ2v) is 9.38. The van der Waals surface area contributed by atoms with Gasteiger partial charge in [-0.15, -0.1) is 0 Å². The number of halogens is 6. The molecule has 39 heavy (non-hydrogen) atoms. The molecule has 3 aromatic rings. The normalized spacial score (nSPS) is 14.8. The third-order valence-corrected chi connectivity index (χ3v) is 6.92. The zero-order valence-electron chi connectivity index (χ0n) is 21.0. The van der Waals surface area contributed by atoms with Gasteiger partial charge in [0, 0.05) is 50.4 Å². The number of alkyl halides is 5. The van der Waals surface area contributed by atoms with Gasteiger partial charge in [-0.05, 0) is 36.0 Å². The fourth-order valence-corrected chi connectivity index (χ4v) is 4.96. The largest absolute Gasteiger partial charge is 0.471 e. The standard InChI is InChI=1S/C27H27F6N3O3/c1-39-12-11-36-15-21(18-3-2-4-19(23(18)36)24(29)30)25(37)35-9-7-17(8-10-35)20-13-16(5-6-22(20)28)14-34-26(38)27(31,32)33/h2-6,13,15,17,24H,7-12,14H2,1H3,(H,34,38). The van der Waals surface area contributed by atoms with Gasteiger partial charge in [-0.1, -0.05) is 30.3 Å². The van der Waals surface area contributed by atoms with E-state index in [4.69, 9.17) is 4.74 Å². The number of hydrogen-bond donors (Lipinski definition) is 1. The molecule has 1 N–H and O–H groups in total. The molecule has 0 spiro atoms. The first-order chi connectivity index (χ1) is 18.5. The molecule has 4 rings (SSSR count). The summed E-state index contributed by atoms with van der Waals surface area (Å²) in [6.45, 7) is 0.696. The van der Waals surface area contributed by atoms with Crippen molar-refractivity contribution in [1.29, 1.82) is 0 Å². The van der Waals surface area contributed by atoms with Crippen LogP contribution in [0.2, 0.25) is 0 Å². The van der Waals surface area contributed by atoms with E-state index in [2.05, 4.69) is 0 Å². The van der Waals surface area contributed by atoms with E-state index in [1.165, 1.54) is 31.4 Å². The number of ether oxygens (including phenoxy) is 1. The van der Waals surface area contributed by atoms with Crippen LogP contribution in [-0.4, -0.2) is 54.3 Å². The molecule has 0 radical (unpaired) electrons. The Morgan fingerprint density at radius 2 is 1.85 bits per heavy atom. The van der Waals surface area contributed by atoms with Crippen molar-refractivity contribution in [3.8, 4) is 0 Å². The molecule has 0 bridgehead atoms. The summed E-state index contributed by atoms with van der Waals surface area (Å²) in [5, 5.41) is 2.19. The lowest BCUT2D eigenvalue weighted by molar-refractivity contribution is -0.173. The van der Waals surface area contributed by atoms with Crippen molar-refractivity contribution >= 4 is 22.7 Å². The fraction of sp³-hybridized carbons (Fsp3) is 0.407. The Balaban J connectivity index is 1.49. The van der Waals surface area contributed by atoms with Gasteiger partial charge < -0.3 is 19.5 Å². The minimum Gasteiger partial charge on any atom is -0.383 e. The van der Waals surface area contributed by atoms with Gasteiger partial charge in [0.25, 0.3) is 12.3 Å². The highest BCUT2D eigenvalue weighted by Gasteiger charge is 2.38. The summed E-state index contributed by atoms with van der Waals surface area (Å²) in [5.74, 6) is -3.22. The molecule has 1 aliphatic rings. The summed E-state index contributed by atoms with van der Waals surface area (Å²) >= 11 is 0. The van der Waals surface area contributed by atoms with E-state index in [1.807, 2.05) is 0 Å². The monoisotopic (exact) mass is 555 g/mol. The number of benzene rings is 2. The molecule has 1 fully saturated rings. The average Bonchev–Trinajstić information content (AvgIpc) is 3.29. The Morgan fingerprint density at radius 1 is 1.13 bits per heavy atom. The van der Waals surface area contributed by atoms with Gasteiger partial charge >= 0.3 is 12.1 Å². The Morgan fingerprint density at radius 3 is 2.49 bits per heavy atom. The molecule has 1 aromatic heterocycles. The molecule has 1 aliphatic heterocycles. The third-order valence-electron chi connectivity index (χ3n) is 6.92. The number of likely N-dealkylation sites (tertiary alicyclic amines) is 1. The van der Waals surface area contributed by atoms with E-state index in [1.54, 1.807) is 27.0 Å². The van der Waals surface area contributed by atoms with Crippen molar-refractivity contribution in [3.63, 3.8) is 0 Å². The smallest absolute Gasteiger partial charge is 0.383 e. The summed E-state index contributed by atoms with van der Waals surface area (Å²) in [5.41, 5.74) is 1.01.